The number of carboxylic acid groups (broad SMARTS) is 1. The van der Waals surface area contributed by atoms with Crippen molar-refractivity contribution in [2.75, 3.05) is 10.5 Å². The maximum atomic E-state index is 12.2. The van der Waals surface area contributed by atoms with Crippen LogP contribution in [0.5, 0.6) is 0 Å². The summed E-state index contributed by atoms with van der Waals surface area (Å²) in [5.41, 5.74) is 0.478. The first-order chi connectivity index (χ1) is 11.3. The van der Waals surface area contributed by atoms with Gasteiger partial charge in [-0.25, -0.2) is 13.2 Å². The van der Waals surface area contributed by atoms with Crippen molar-refractivity contribution in [3.05, 3.63) is 29.8 Å². The third kappa shape index (κ3) is 6.57. The summed E-state index contributed by atoms with van der Waals surface area (Å²) in [6.07, 6.45) is 2.34. The standard InChI is InChI=1S/C16H24N2O5S/c1-3-5-9-14(16(20)21)17-15(19)12-7-6-8-13(11-12)18-24(22,23)10-4-2/h6-8,11,14,18H,3-5,9-10H2,1-2H3,(H,17,19)(H,20,21). The Morgan fingerprint density at radius 3 is 2.50 bits per heavy atom. The largest absolute Gasteiger partial charge is 0.480 e. The smallest absolute Gasteiger partial charge is 0.326 e. The Labute approximate surface area is 142 Å². The van der Waals surface area contributed by atoms with E-state index in [1.165, 1.54) is 18.2 Å². The molecule has 0 aliphatic carbocycles. The Balaban J connectivity index is 2.84. The molecule has 0 aliphatic rings. The van der Waals surface area contributed by atoms with Gasteiger partial charge in [-0.15, -0.1) is 0 Å². The van der Waals surface area contributed by atoms with Crippen molar-refractivity contribution < 1.29 is 23.1 Å². The number of hydrogen-bond acceptors (Lipinski definition) is 4. The number of carboxylic acids is 1. The predicted octanol–water partition coefficient (Wildman–Crippen LogP) is 2.21. The van der Waals surface area contributed by atoms with Crippen molar-refractivity contribution in [1.29, 1.82) is 0 Å². The number of aliphatic carboxylic acids is 1. The second-order valence-corrected chi connectivity index (χ2v) is 7.35. The van der Waals surface area contributed by atoms with Gasteiger partial charge >= 0.3 is 5.97 Å². The molecule has 0 fully saturated rings. The molecule has 1 atom stereocenters. The fraction of sp³-hybridized carbons (Fsp3) is 0.500. The van der Waals surface area contributed by atoms with Gasteiger partial charge < -0.3 is 10.4 Å². The molecule has 0 heterocycles. The van der Waals surface area contributed by atoms with E-state index in [-0.39, 0.29) is 17.0 Å². The van der Waals surface area contributed by atoms with Crippen LogP contribution in [-0.4, -0.2) is 37.2 Å². The number of carbonyl (C=O) groups excluding carboxylic acids is 1. The lowest BCUT2D eigenvalue weighted by Crippen LogP contribution is -2.40. The van der Waals surface area contributed by atoms with Crippen LogP contribution in [0.15, 0.2) is 24.3 Å². The van der Waals surface area contributed by atoms with Gasteiger partial charge in [0, 0.05) is 11.3 Å². The van der Waals surface area contributed by atoms with Crippen LogP contribution in [0.25, 0.3) is 0 Å². The molecule has 1 aromatic carbocycles. The Kier molecular flexibility index (Phi) is 7.70. The van der Waals surface area contributed by atoms with E-state index in [2.05, 4.69) is 10.0 Å². The summed E-state index contributed by atoms with van der Waals surface area (Å²) < 4.78 is 26.0. The van der Waals surface area contributed by atoms with Gasteiger partial charge in [-0.1, -0.05) is 32.8 Å². The lowest BCUT2D eigenvalue weighted by molar-refractivity contribution is -0.139. The van der Waals surface area contributed by atoms with Crippen molar-refractivity contribution in [1.82, 2.24) is 5.32 Å². The highest BCUT2D eigenvalue weighted by molar-refractivity contribution is 7.92. The molecule has 0 aromatic heterocycles. The van der Waals surface area contributed by atoms with E-state index >= 15 is 0 Å². The fourth-order valence-electron chi connectivity index (χ4n) is 2.13. The van der Waals surface area contributed by atoms with Gasteiger partial charge in [0.2, 0.25) is 10.0 Å². The Morgan fingerprint density at radius 1 is 1.21 bits per heavy atom. The Bertz CT molecular complexity index is 673. The summed E-state index contributed by atoms with van der Waals surface area (Å²) >= 11 is 0. The van der Waals surface area contributed by atoms with Crippen molar-refractivity contribution in [2.45, 2.75) is 45.6 Å². The van der Waals surface area contributed by atoms with E-state index in [0.29, 0.717) is 19.3 Å². The molecule has 1 rings (SSSR count). The van der Waals surface area contributed by atoms with Gasteiger partial charge in [0.25, 0.3) is 5.91 Å². The first kappa shape index (κ1) is 20.0. The minimum atomic E-state index is -3.45. The first-order valence-corrected chi connectivity index (χ1v) is 9.58. The maximum absolute atomic E-state index is 12.2. The molecule has 7 nitrogen and oxygen atoms in total. The molecule has 0 saturated carbocycles. The second-order valence-electron chi connectivity index (χ2n) is 5.51. The van der Waals surface area contributed by atoms with Gasteiger partial charge in [0.05, 0.1) is 5.75 Å². The second kappa shape index (κ2) is 9.27. The zero-order chi connectivity index (χ0) is 18.2. The zero-order valence-corrected chi connectivity index (χ0v) is 14.7. The van der Waals surface area contributed by atoms with Gasteiger partial charge in [0.15, 0.2) is 0 Å². The van der Waals surface area contributed by atoms with Crippen molar-refractivity contribution in [2.24, 2.45) is 0 Å². The Hall–Kier alpha value is -2.09. The number of amides is 1. The van der Waals surface area contributed by atoms with Gasteiger partial charge in [-0.2, -0.15) is 0 Å². The minimum absolute atomic E-state index is 0.0124. The van der Waals surface area contributed by atoms with Crippen LogP contribution in [-0.2, 0) is 14.8 Å². The maximum Gasteiger partial charge on any atom is 0.326 e. The summed E-state index contributed by atoms with van der Waals surface area (Å²) in [4.78, 5) is 23.4. The van der Waals surface area contributed by atoms with Crippen molar-refractivity contribution in [3.8, 4) is 0 Å². The van der Waals surface area contributed by atoms with E-state index < -0.39 is 27.9 Å². The molecule has 24 heavy (non-hydrogen) atoms. The molecule has 0 aliphatic heterocycles. The third-order valence-electron chi connectivity index (χ3n) is 3.32. The molecule has 134 valence electrons. The quantitative estimate of drug-likeness (QED) is 0.595. The number of sulfonamides is 1. The van der Waals surface area contributed by atoms with E-state index in [4.69, 9.17) is 5.11 Å². The van der Waals surface area contributed by atoms with Gasteiger partial charge in [-0.05, 0) is 31.0 Å². The van der Waals surface area contributed by atoms with E-state index in [0.717, 1.165) is 6.42 Å². The summed E-state index contributed by atoms with van der Waals surface area (Å²) in [5.74, 6) is -1.65. The average molecular weight is 356 g/mol. The van der Waals surface area contributed by atoms with Crippen LogP contribution in [0.4, 0.5) is 5.69 Å². The summed E-state index contributed by atoms with van der Waals surface area (Å²) in [7, 11) is -3.45. The van der Waals surface area contributed by atoms with Gasteiger partial charge in [-0.3, -0.25) is 9.52 Å². The first-order valence-electron chi connectivity index (χ1n) is 7.93. The molecule has 1 aromatic rings. The zero-order valence-electron chi connectivity index (χ0n) is 13.9. The average Bonchev–Trinajstić information content (AvgIpc) is 2.50. The molecule has 0 radical (unpaired) electrons. The number of unbranched alkanes of at least 4 members (excludes halogenated alkanes) is 1. The number of hydrogen-bond donors (Lipinski definition) is 3. The number of anilines is 1. The molecule has 8 heteroatoms. The molecular formula is C16H24N2O5S. The molecule has 3 N–H and O–H groups in total. The number of nitrogens with one attached hydrogen (secondary N) is 2. The van der Waals surface area contributed by atoms with E-state index in [1.54, 1.807) is 13.0 Å². The molecule has 0 bridgehead atoms. The van der Waals surface area contributed by atoms with Crippen LogP contribution < -0.4 is 10.0 Å². The molecule has 0 spiro atoms. The van der Waals surface area contributed by atoms with Gasteiger partial charge in [0.1, 0.15) is 6.04 Å². The number of carbonyl (C=O) groups is 2. The van der Waals surface area contributed by atoms with E-state index in [9.17, 15) is 18.0 Å². The topological polar surface area (TPSA) is 113 Å². The summed E-state index contributed by atoms with van der Waals surface area (Å²) in [6, 6.07) is 5.02. The highest BCUT2D eigenvalue weighted by Crippen LogP contribution is 2.13. The minimum Gasteiger partial charge on any atom is -0.480 e. The fourth-order valence-corrected chi connectivity index (χ4v) is 3.26. The SMILES string of the molecule is CCCCC(NC(=O)c1cccc(NS(=O)(=O)CCC)c1)C(=O)O. The van der Waals surface area contributed by atoms with Crippen LogP contribution >= 0.6 is 0 Å². The van der Waals surface area contributed by atoms with Crippen LogP contribution in [0, 0.1) is 0 Å². The molecule has 1 amide bonds. The van der Waals surface area contributed by atoms with Crippen molar-refractivity contribution >= 4 is 27.6 Å². The Morgan fingerprint density at radius 2 is 1.92 bits per heavy atom. The highest BCUT2D eigenvalue weighted by Gasteiger charge is 2.20. The van der Waals surface area contributed by atoms with E-state index in [1.807, 2.05) is 6.92 Å². The monoisotopic (exact) mass is 356 g/mol. The van der Waals surface area contributed by atoms with Crippen LogP contribution in [0.3, 0.4) is 0 Å². The third-order valence-corrected chi connectivity index (χ3v) is 4.81. The normalized spacial score (nSPS) is 12.4. The number of rotatable bonds is 10. The molecular weight excluding hydrogens is 332 g/mol. The van der Waals surface area contributed by atoms with Crippen LogP contribution in [0.1, 0.15) is 49.9 Å². The lowest BCUT2D eigenvalue weighted by Gasteiger charge is -2.14. The molecule has 1 unspecified atom stereocenters. The van der Waals surface area contributed by atoms with Crippen LogP contribution in [0.2, 0.25) is 0 Å². The number of benzene rings is 1. The van der Waals surface area contributed by atoms with Crippen molar-refractivity contribution in [3.63, 3.8) is 0 Å². The molecule has 0 saturated heterocycles. The summed E-state index contributed by atoms with van der Waals surface area (Å²) in [5, 5.41) is 11.6. The predicted molar refractivity (Wildman–Crippen MR) is 92.6 cm³/mol. The summed E-state index contributed by atoms with van der Waals surface area (Å²) in [6.45, 7) is 3.69. The lowest BCUT2D eigenvalue weighted by atomic mass is 10.1. The highest BCUT2D eigenvalue weighted by atomic mass is 32.2.